The van der Waals surface area contributed by atoms with E-state index in [1.807, 2.05) is 24.3 Å². The van der Waals surface area contributed by atoms with Crippen molar-refractivity contribution in [1.29, 1.82) is 0 Å². The number of nitrogens with zero attached hydrogens (tertiary/aromatic N) is 4. The van der Waals surface area contributed by atoms with Crippen LogP contribution in [0.5, 0.6) is 0 Å². The molecular weight excluding hydrogens is 222 g/mol. The van der Waals surface area contributed by atoms with Gasteiger partial charge in [-0.15, -0.1) is 5.10 Å². The summed E-state index contributed by atoms with van der Waals surface area (Å²) in [4.78, 5) is 23.8. The molecule has 3 amide bonds. The smallest absolute Gasteiger partial charge is 0.295 e. The van der Waals surface area contributed by atoms with Crippen molar-refractivity contribution in [3.63, 3.8) is 0 Å². The number of urea groups is 1. The van der Waals surface area contributed by atoms with Crippen LogP contribution < -0.4 is 5.32 Å². The zero-order valence-electron chi connectivity index (χ0n) is 8.83. The molecule has 1 aromatic heterocycles. The van der Waals surface area contributed by atoms with E-state index in [1.165, 1.54) is 4.90 Å². The summed E-state index contributed by atoms with van der Waals surface area (Å²) in [6, 6.07) is 7.05. The van der Waals surface area contributed by atoms with E-state index in [0.29, 0.717) is 0 Å². The fourth-order valence-electron chi connectivity index (χ4n) is 1.78. The summed E-state index contributed by atoms with van der Waals surface area (Å²) in [6.45, 7) is 0.283. The standard InChI is InChI=1S/C10H9N5O2/c16-9-5-14(10(17)11-9)6-15-8-4-2-1-3-7(8)12-13-15/h1-4H,5-6H2,(H,11,16,17). The molecule has 0 spiro atoms. The lowest BCUT2D eigenvalue weighted by atomic mass is 10.3. The number of hydrogen-bond acceptors (Lipinski definition) is 4. The van der Waals surface area contributed by atoms with E-state index < -0.39 is 6.03 Å². The molecule has 1 saturated heterocycles. The van der Waals surface area contributed by atoms with Crippen LogP contribution in [-0.2, 0) is 11.5 Å². The third-order valence-corrected chi connectivity index (χ3v) is 2.59. The van der Waals surface area contributed by atoms with E-state index in [-0.39, 0.29) is 19.1 Å². The Bertz CT molecular complexity index is 606. The number of carbonyl (C=O) groups excluding carboxylic acids is 2. The Labute approximate surface area is 96.0 Å². The van der Waals surface area contributed by atoms with Crippen LogP contribution >= 0.6 is 0 Å². The quantitative estimate of drug-likeness (QED) is 0.734. The number of nitrogens with one attached hydrogen (secondary N) is 1. The molecule has 1 aliphatic rings. The molecule has 3 rings (SSSR count). The van der Waals surface area contributed by atoms with Crippen LogP contribution in [0.3, 0.4) is 0 Å². The number of amides is 3. The highest BCUT2D eigenvalue weighted by Crippen LogP contribution is 2.11. The highest BCUT2D eigenvalue weighted by molar-refractivity contribution is 6.01. The number of aromatic nitrogens is 3. The summed E-state index contributed by atoms with van der Waals surface area (Å²) in [6.07, 6.45) is 0. The van der Waals surface area contributed by atoms with Gasteiger partial charge in [-0.3, -0.25) is 15.0 Å². The monoisotopic (exact) mass is 231 g/mol. The molecule has 0 atom stereocenters. The first-order valence-electron chi connectivity index (χ1n) is 5.11. The summed E-state index contributed by atoms with van der Waals surface area (Å²) in [5, 5.41) is 10.1. The number of para-hydroxylation sites is 1. The number of imide groups is 1. The summed E-state index contributed by atoms with van der Waals surface area (Å²) in [7, 11) is 0. The Hall–Kier alpha value is -2.44. The zero-order valence-corrected chi connectivity index (χ0v) is 8.83. The first-order chi connectivity index (χ1) is 8.24. The summed E-state index contributed by atoms with van der Waals surface area (Å²) >= 11 is 0. The second kappa shape index (κ2) is 3.55. The molecule has 0 unspecified atom stereocenters. The molecule has 7 heteroatoms. The van der Waals surface area contributed by atoms with Gasteiger partial charge in [0.1, 0.15) is 18.7 Å². The Morgan fingerprint density at radius 1 is 1.29 bits per heavy atom. The molecule has 2 heterocycles. The molecule has 2 aromatic rings. The predicted molar refractivity (Wildman–Crippen MR) is 57.8 cm³/mol. The van der Waals surface area contributed by atoms with Gasteiger partial charge < -0.3 is 0 Å². The maximum atomic E-state index is 11.4. The molecule has 7 nitrogen and oxygen atoms in total. The highest BCUT2D eigenvalue weighted by Gasteiger charge is 2.27. The third kappa shape index (κ3) is 1.61. The highest BCUT2D eigenvalue weighted by atomic mass is 16.2. The maximum Gasteiger partial charge on any atom is 0.326 e. The van der Waals surface area contributed by atoms with E-state index in [4.69, 9.17) is 0 Å². The fraction of sp³-hybridized carbons (Fsp3) is 0.200. The fourth-order valence-corrected chi connectivity index (χ4v) is 1.78. The van der Waals surface area contributed by atoms with Gasteiger partial charge in [0.25, 0.3) is 0 Å². The first kappa shape index (κ1) is 9.76. The van der Waals surface area contributed by atoms with Crippen molar-refractivity contribution in [1.82, 2.24) is 25.2 Å². The van der Waals surface area contributed by atoms with E-state index in [1.54, 1.807) is 4.68 Å². The van der Waals surface area contributed by atoms with Gasteiger partial charge in [-0.2, -0.15) is 0 Å². The van der Waals surface area contributed by atoms with Gasteiger partial charge in [-0.05, 0) is 12.1 Å². The average molecular weight is 231 g/mol. The van der Waals surface area contributed by atoms with Crippen LogP contribution in [0.2, 0.25) is 0 Å². The van der Waals surface area contributed by atoms with Gasteiger partial charge in [0.15, 0.2) is 0 Å². The van der Waals surface area contributed by atoms with Gasteiger partial charge in [0.05, 0.1) is 5.52 Å². The average Bonchev–Trinajstić information content (AvgIpc) is 2.85. The van der Waals surface area contributed by atoms with Crippen molar-refractivity contribution in [2.45, 2.75) is 6.67 Å². The number of fused-ring (bicyclic) bond motifs is 1. The first-order valence-corrected chi connectivity index (χ1v) is 5.11. The maximum absolute atomic E-state index is 11.4. The predicted octanol–water partition coefficient (Wildman–Crippen LogP) is -0.0594. The van der Waals surface area contributed by atoms with E-state index in [9.17, 15) is 9.59 Å². The van der Waals surface area contributed by atoms with Crippen LogP contribution in [0.25, 0.3) is 11.0 Å². The minimum absolute atomic E-state index is 0.0625. The topological polar surface area (TPSA) is 80.1 Å². The van der Waals surface area contributed by atoms with Crippen molar-refractivity contribution in [3.8, 4) is 0 Å². The Morgan fingerprint density at radius 3 is 2.88 bits per heavy atom. The van der Waals surface area contributed by atoms with Crippen molar-refractivity contribution in [2.75, 3.05) is 6.54 Å². The second-order valence-electron chi connectivity index (χ2n) is 3.77. The summed E-state index contributed by atoms with van der Waals surface area (Å²) in [5.41, 5.74) is 1.60. The van der Waals surface area contributed by atoms with Crippen molar-refractivity contribution in [2.24, 2.45) is 0 Å². The molecule has 0 bridgehead atoms. The van der Waals surface area contributed by atoms with Crippen LogP contribution in [0.1, 0.15) is 0 Å². The number of carbonyl (C=O) groups is 2. The van der Waals surface area contributed by atoms with E-state index in [0.717, 1.165) is 11.0 Å². The summed E-state index contributed by atoms with van der Waals surface area (Å²) < 4.78 is 1.59. The Morgan fingerprint density at radius 2 is 2.12 bits per heavy atom. The Balaban J connectivity index is 1.90. The summed E-state index contributed by atoms with van der Waals surface area (Å²) in [5.74, 6) is -0.292. The number of hydrogen-bond donors (Lipinski definition) is 1. The largest absolute Gasteiger partial charge is 0.326 e. The second-order valence-corrected chi connectivity index (χ2v) is 3.77. The molecule has 1 fully saturated rings. The lowest BCUT2D eigenvalue weighted by Crippen LogP contribution is -2.30. The van der Waals surface area contributed by atoms with Crippen LogP contribution in [0.15, 0.2) is 24.3 Å². The van der Waals surface area contributed by atoms with Crippen LogP contribution in [-0.4, -0.2) is 38.4 Å². The third-order valence-electron chi connectivity index (χ3n) is 2.59. The Kier molecular flexibility index (Phi) is 2.04. The molecule has 86 valence electrons. The van der Waals surface area contributed by atoms with Gasteiger partial charge in [-0.25, -0.2) is 9.48 Å². The molecular formula is C10H9N5O2. The lowest BCUT2D eigenvalue weighted by molar-refractivity contribution is -0.118. The van der Waals surface area contributed by atoms with E-state index >= 15 is 0 Å². The molecule has 17 heavy (non-hydrogen) atoms. The van der Waals surface area contributed by atoms with Gasteiger partial charge in [0, 0.05) is 0 Å². The van der Waals surface area contributed by atoms with E-state index in [2.05, 4.69) is 15.6 Å². The van der Waals surface area contributed by atoms with Crippen LogP contribution in [0.4, 0.5) is 4.79 Å². The molecule has 0 aliphatic carbocycles. The van der Waals surface area contributed by atoms with Gasteiger partial charge in [-0.1, -0.05) is 17.3 Å². The van der Waals surface area contributed by atoms with Gasteiger partial charge in [0.2, 0.25) is 5.91 Å². The van der Waals surface area contributed by atoms with Crippen molar-refractivity contribution in [3.05, 3.63) is 24.3 Å². The zero-order chi connectivity index (χ0) is 11.8. The minimum atomic E-state index is -0.394. The lowest BCUT2D eigenvalue weighted by Gasteiger charge is -2.12. The van der Waals surface area contributed by atoms with Crippen molar-refractivity contribution < 1.29 is 9.59 Å². The molecule has 1 aromatic carbocycles. The normalized spacial score (nSPS) is 15.6. The number of benzene rings is 1. The minimum Gasteiger partial charge on any atom is -0.295 e. The molecule has 0 radical (unpaired) electrons. The molecule has 1 aliphatic heterocycles. The van der Waals surface area contributed by atoms with Gasteiger partial charge >= 0.3 is 6.03 Å². The molecule has 1 N–H and O–H groups in total. The SMILES string of the molecule is O=C1CN(Cn2nnc3ccccc32)C(=O)N1. The molecule has 0 saturated carbocycles. The van der Waals surface area contributed by atoms with Crippen LogP contribution in [0, 0.1) is 0 Å². The number of rotatable bonds is 2. The van der Waals surface area contributed by atoms with Crippen molar-refractivity contribution >= 4 is 23.0 Å².